The van der Waals surface area contributed by atoms with Crippen LogP contribution in [0.1, 0.15) is 69.8 Å². The smallest absolute Gasteiger partial charge is 0.303 e. The highest BCUT2D eigenvalue weighted by molar-refractivity contribution is 8.04. The zero-order valence-electron chi connectivity index (χ0n) is 24.3. The molecule has 1 aromatic heterocycles. The van der Waals surface area contributed by atoms with E-state index in [2.05, 4.69) is 52.1 Å². The Hall–Kier alpha value is -3.47. The van der Waals surface area contributed by atoms with Gasteiger partial charge in [-0.05, 0) is 61.6 Å². The van der Waals surface area contributed by atoms with Gasteiger partial charge in [0.1, 0.15) is 6.54 Å². The monoisotopic (exact) mass is 607 g/mol. The van der Waals surface area contributed by atoms with Crippen molar-refractivity contribution in [3.8, 4) is 0 Å². The van der Waals surface area contributed by atoms with Gasteiger partial charge in [0.2, 0.25) is 17.6 Å². The van der Waals surface area contributed by atoms with Gasteiger partial charge in [-0.3, -0.25) is 25.0 Å². The van der Waals surface area contributed by atoms with Crippen LogP contribution in [0.15, 0.2) is 53.2 Å². The summed E-state index contributed by atoms with van der Waals surface area (Å²) in [7, 11) is 0. The van der Waals surface area contributed by atoms with Crippen molar-refractivity contribution in [1.29, 1.82) is 0 Å². The van der Waals surface area contributed by atoms with Gasteiger partial charge >= 0.3 is 5.97 Å². The highest BCUT2D eigenvalue weighted by Gasteiger charge is 2.57. The zero-order valence-corrected chi connectivity index (χ0v) is 25.1. The van der Waals surface area contributed by atoms with Crippen LogP contribution in [0.4, 0.5) is 0 Å². The number of nitro groups is 2. The summed E-state index contributed by atoms with van der Waals surface area (Å²) in [5, 5.41) is 35.2. The highest BCUT2D eigenvalue weighted by atomic mass is 32.2. The summed E-state index contributed by atoms with van der Waals surface area (Å²) in [6, 6.07) is 9.14. The Balaban J connectivity index is 1.23. The van der Waals surface area contributed by atoms with E-state index in [4.69, 9.17) is 5.11 Å². The van der Waals surface area contributed by atoms with Crippen molar-refractivity contribution in [3.63, 3.8) is 0 Å². The standard InChI is InChI=1S/C32H38N4O6S/c37-30(38)10-2-1-5-16-33-18-15-21(24-8-3-4-9-27(24)33)11-12-22-7-6-17-34-28-14-13-25-26(31(28)43-32(22)34)19-23(35(39)40)20-29(25)36(41)42/h3-4,8-9,11-12,15,18,23,25-26,28-29,31H,1-2,5-7,10,13-14,16-17,19-20H2/p+1. The number of unbranched alkanes of at least 4 members (excludes halogenated alkanes) is 2. The quantitative estimate of drug-likeness (QED) is 0.158. The molecular formula is C32H39N4O6S+. The molecule has 43 heavy (non-hydrogen) atoms. The van der Waals surface area contributed by atoms with E-state index in [9.17, 15) is 25.0 Å². The largest absolute Gasteiger partial charge is 0.481 e. The molecule has 6 rings (SSSR count). The molecule has 0 amide bonds. The van der Waals surface area contributed by atoms with Crippen LogP contribution in [0.3, 0.4) is 0 Å². The fourth-order valence-corrected chi connectivity index (χ4v) is 9.85. The normalized spacial score (nSPS) is 28.5. The lowest BCUT2D eigenvalue weighted by molar-refractivity contribution is -0.671. The molecule has 2 saturated carbocycles. The van der Waals surface area contributed by atoms with E-state index in [1.807, 2.05) is 17.8 Å². The van der Waals surface area contributed by atoms with Gasteiger partial charge in [0.25, 0.3) is 0 Å². The number of nitrogens with zero attached hydrogens (tertiary/aromatic N) is 4. The Morgan fingerprint density at radius 1 is 1.05 bits per heavy atom. The molecule has 1 N–H and O–H groups in total. The molecule has 1 aromatic carbocycles. The molecule has 2 aromatic rings. The number of pyridine rings is 1. The summed E-state index contributed by atoms with van der Waals surface area (Å²) in [4.78, 5) is 36.5. The molecule has 0 radical (unpaired) electrons. The van der Waals surface area contributed by atoms with E-state index in [1.54, 1.807) is 0 Å². The predicted octanol–water partition coefficient (Wildman–Crippen LogP) is 5.69. The minimum atomic E-state index is -0.833. The predicted molar refractivity (Wildman–Crippen MR) is 164 cm³/mol. The van der Waals surface area contributed by atoms with E-state index >= 15 is 0 Å². The molecule has 2 aliphatic heterocycles. The maximum absolute atomic E-state index is 11.9. The summed E-state index contributed by atoms with van der Waals surface area (Å²) < 4.78 is 2.24. The molecule has 11 heteroatoms. The fraction of sp³-hybridized carbons (Fsp3) is 0.562. The average molecular weight is 608 g/mol. The maximum atomic E-state index is 11.9. The van der Waals surface area contributed by atoms with Crippen LogP contribution in [0.5, 0.6) is 0 Å². The first-order valence-electron chi connectivity index (χ1n) is 15.6. The third-order valence-corrected chi connectivity index (χ3v) is 11.7. The van der Waals surface area contributed by atoms with Crippen molar-refractivity contribution in [3.05, 3.63) is 79.0 Å². The van der Waals surface area contributed by atoms with Gasteiger partial charge in [-0.2, -0.15) is 4.57 Å². The van der Waals surface area contributed by atoms with Gasteiger partial charge in [-0.15, -0.1) is 11.8 Å². The van der Waals surface area contributed by atoms with Gasteiger partial charge in [-0.1, -0.05) is 24.3 Å². The molecule has 3 fully saturated rings. The lowest BCUT2D eigenvalue weighted by Crippen LogP contribution is -2.54. The van der Waals surface area contributed by atoms with Gasteiger partial charge in [0.15, 0.2) is 6.20 Å². The van der Waals surface area contributed by atoms with Crippen LogP contribution >= 0.6 is 11.8 Å². The molecule has 0 bridgehead atoms. The number of hydrogen-bond acceptors (Lipinski definition) is 7. The van der Waals surface area contributed by atoms with Gasteiger partial charge in [-0.25, -0.2) is 0 Å². The summed E-state index contributed by atoms with van der Waals surface area (Å²) in [5.41, 5.74) is 3.57. The van der Waals surface area contributed by atoms with E-state index in [1.165, 1.54) is 16.0 Å². The Labute approximate surface area is 255 Å². The van der Waals surface area contributed by atoms with Crippen LogP contribution in [-0.2, 0) is 11.3 Å². The minimum absolute atomic E-state index is 0.00994. The summed E-state index contributed by atoms with van der Waals surface area (Å²) in [6.07, 6.45) is 13.5. The maximum Gasteiger partial charge on any atom is 0.303 e. The van der Waals surface area contributed by atoms with Crippen molar-refractivity contribution >= 4 is 34.7 Å². The number of carbonyl (C=O) groups is 1. The second-order valence-corrected chi connectivity index (χ2v) is 13.6. The van der Waals surface area contributed by atoms with Gasteiger partial charge in [0, 0.05) is 65.0 Å². The van der Waals surface area contributed by atoms with E-state index in [0.717, 1.165) is 62.7 Å². The molecule has 2 aliphatic carbocycles. The number of aromatic nitrogens is 1. The first kappa shape index (κ1) is 29.6. The van der Waals surface area contributed by atoms with Crippen molar-refractivity contribution in [2.75, 3.05) is 6.54 Å². The van der Waals surface area contributed by atoms with E-state index in [0.29, 0.717) is 12.8 Å². The van der Waals surface area contributed by atoms with Crippen LogP contribution < -0.4 is 4.57 Å². The average Bonchev–Trinajstić information content (AvgIpc) is 3.39. The summed E-state index contributed by atoms with van der Waals surface area (Å²) in [5.74, 6) is -0.837. The first-order valence-corrected chi connectivity index (χ1v) is 16.4. The first-order chi connectivity index (χ1) is 20.8. The van der Waals surface area contributed by atoms with Crippen molar-refractivity contribution < 1.29 is 24.3 Å². The number of carboxylic acids is 1. The number of aliphatic carboxylic acids is 1. The number of thioether (sulfide) groups is 1. The minimum Gasteiger partial charge on any atom is -0.481 e. The molecule has 4 aliphatic rings. The summed E-state index contributed by atoms with van der Waals surface area (Å²) in [6.45, 7) is 1.81. The lowest BCUT2D eigenvalue weighted by Gasteiger charge is -2.45. The topological polar surface area (TPSA) is 131 Å². The SMILES string of the molecule is O=C(O)CCCCC[n+]1ccc(C=CC2=C3SC4C5CC([N+](=O)[O-])CC([N+](=O)[O-])C5CCC4N3CCC2)c2ccccc21. The third kappa shape index (κ3) is 6.01. The molecule has 6 unspecified atom stereocenters. The Bertz CT molecular complexity index is 1480. The number of hydrogen-bond donors (Lipinski definition) is 1. The zero-order chi connectivity index (χ0) is 30.1. The van der Waals surface area contributed by atoms with Crippen LogP contribution in [-0.4, -0.2) is 55.7 Å². The molecular weight excluding hydrogens is 568 g/mol. The number of fused-ring (bicyclic) bond motifs is 6. The van der Waals surface area contributed by atoms with Gasteiger partial charge < -0.3 is 10.0 Å². The Kier molecular flexibility index (Phi) is 8.70. The second kappa shape index (κ2) is 12.6. The second-order valence-electron chi connectivity index (χ2n) is 12.5. The number of para-hydroxylation sites is 1. The molecule has 10 nitrogen and oxygen atoms in total. The molecule has 228 valence electrons. The van der Waals surface area contributed by atoms with Crippen LogP contribution in [0, 0.1) is 32.1 Å². The van der Waals surface area contributed by atoms with Crippen molar-refractivity contribution in [1.82, 2.24) is 4.90 Å². The Morgan fingerprint density at radius 3 is 2.67 bits per heavy atom. The number of allylic oxidation sites excluding steroid dienone is 2. The van der Waals surface area contributed by atoms with Crippen molar-refractivity contribution in [2.45, 2.75) is 94.1 Å². The molecule has 6 atom stereocenters. The summed E-state index contributed by atoms with van der Waals surface area (Å²) >= 11 is 1.82. The van der Waals surface area contributed by atoms with E-state index < -0.39 is 18.1 Å². The third-order valence-electron chi connectivity index (χ3n) is 10.0. The lowest BCUT2D eigenvalue weighted by atomic mass is 9.65. The van der Waals surface area contributed by atoms with Crippen LogP contribution in [0.25, 0.3) is 17.0 Å². The number of aryl methyl sites for hydroxylation is 1. The van der Waals surface area contributed by atoms with E-state index in [-0.39, 0.29) is 45.8 Å². The Morgan fingerprint density at radius 2 is 1.88 bits per heavy atom. The molecule has 3 heterocycles. The van der Waals surface area contributed by atoms with Crippen LogP contribution in [0.2, 0.25) is 0 Å². The number of rotatable bonds is 10. The van der Waals surface area contributed by atoms with Gasteiger partial charge in [0.05, 0.1) is 16.8 Å². The molecule has 1 saturated heterocycles. The highest BCUT2D eigenvalue weighted by Crippen LogP contribution is 2.56. The van der Waals surface area contributed by atoms with Crippen molar-refractivity contribution in [2.24, 2.45) is 11.8 Å². The fourth-order valence-electron chi connectivity index (χ4n) is 7.99. The number of benzene rings is 1. The number of carboxylic acid groups (broad SMARTS) is 1. The molecule has 0 spiro atoms.